The molecule has 0 aromatic carbocycles. The molecule has 0 spiro atoms. The number of hydrogen-bond acceptors (Lipinski definition) is 4. The number of ether oxygens (including phenoxy) is 1. The van der Waals surface area contributed by atoms with Crippen LogP contribution in [0.4, 0.5) is 0 Å². The zero-order valence-corrected chi connectivity index (χ0v) is 14.7. The Balaban J connectivity index is 2.38. The molecule has 4 heteroatoms. The van der Waals surface area contributed by atoms with Gasteiger partial charge >= 0.3 is 5.97 Å². The fraction of sp³-hybridized carbons (Fsp3) is 0.941. The van der Waals surface area contributed by atoms with Gasteiger partial charge in [-0.3, -0.25) is 10.1 Å². The second-order valence-electron chi connectivity index (χ2n) is 7.26. The second kappa shape index (κ2) is 8.14. The van der Waals surface area contributed by atoms with Crippen molar-refractivity contribution in [3.63, 3.8) is 0 Å². The maximum Gasteiger partial charge on any atom is 0.325 e. The molecule has 1 saturated heterocycles. The molecule has 0 aromatic rings. The standard InChI is InChI=1S/C17H34N2O2/c1-13(2)18-17(5,16(20)21-6)9-7-8-10-19-12-14(3)11-15(19)4/h13-15,18H,7-12H2,1-6H3. The lowest BCUT2D eigenvalue weighted by atomic mass is 9.93. The summed E-state index contributed by atoms with van der Waals surface area (Å²) in [7, 11) is 1.47. The van der Waals surface area contributed by atoms with E-state index in [4.69, 9.17) is 4.74 Å². The monoisotopic (exact) mass is 298 g/mol. The van der Waals surface area contributed by atoms with Crippen LogP contribution in [0.5, 0.6) is 0 Å². The number of methoxy groups -OCH3 is 1. The van der Waals surface area contributed by atoms with Crippen LogP contribution < -0.4 is 5.32 Å². The molecule has 0 radical (unpaired) electrons. The van der Waals surface area contributed by atoms with Gasteiger partial charge in [-0.1, -0.05) is 6.92 Å². The number of nitrogens with zero attached hydrogens (tertiary/aromatic N) is 1. The molecule has 0 aromatic heterocycles. The van der Waals surface area contributed by atoms with Crippen LogP contribution >= 0.6 is 0 Å². The first-order valence-corrected chi connectivity index (χ1v) is 8.38. The van der Waals surface area contributed by atoms with Crippen molar-refractivity contribution in [1.82, 2.24) is 10.2 Å². The van der Waals surface area contributed by atoms with Gasteiger partial charge in [-0.05, 0) is 65.8 Å². The molecule has 3 atom stereocenters. The van der Waals surface area contributed by atoms with Crippen LogP contribution in [0.15, 0.2) is 0 Å². The fourth-order valence-corrected chi connectivity index (χ4v) is 3.59. The van der Waals surface area contributed by atoms with Gasteiger partial charge in [0.05, 0.1) is 7.11 Å². The highest BCUT2D eigenvalue weighted by Crippen LogP contribution is 2.23. The Bertz CT molecular complexity index is 333. The molecule has 4 nitrogen and oxygen atoms in total. The number of unbranched alkanes of at least 4 members (excludes halogenated alkanes) is 1. The minimum Gasteiger partial charge on any atom is -0.468 e. The van der Waals surface area contributed by atoms with E-state index in [2.05, 4.69) is 37.9 Å². The molecule has 1 N–H and O–H groups in total. The predicted molar refractivity (Wildman–Crippen MR) is 87.4 cm³/mol. The van der Waals surface area contributed by atoms with E-state index in [1.807, 2.05) is 6.92 Å². The number of carbonyl (C=O) groups is 1. The summed E-state index contributed by atoms with van der Waals surface area (Å²) in [5, 5.41) is 3.36. The van der Waals surface area contributed by atoms with Crippen LogP contribution in [0, 0.1) is 5.92 Å². The van der Waals surface area contributed by atoms with Gasteiger partial charge in [0, 0.05) is 18.6 Å². The Morgan fingerprint density at radius 3 is 2.52 bits per heavy atom. The topological polar surface area (TPSA) is 41.6 Å². The Labute approximate surface area is 130 Å². The zero-order chi connectivity index (χ0) is 16.0. The Morgan fingerprint density at radius 2 is 2.05 bits per heavy atom. The highest BCUT2D eigenvalue weighted by atomic mass is 16.5. The molecule has 0 saturated carbocycles. The van der Waals surface area contributed by atoms with E-state index in [1.165, 1.54) is 20.1 Å². The molecule has 3 unspecified atom stereocenters. The molecule has 1 aliphatic rings. The van der Waals surface area contributed by atoms with Gasteiger partial charge in [-0.25, -0.2) is 0 Å². The van der Waals surface area contributed by atoms with Crippen LogP contribution in [0.3, 0.4) is 0 Å². The SMILES string of the molecule is COC(=O)C(C)(CCCCN1CC(C)CC1C)NC(C)C. The van der Waals surface area contributed by atoms with Gasteiger partial charge in [-0.15, -0.1) is 0 Å². The van der Waals surface area contributed by atoms with Crippen molar-refractivity contribution in [2.75, 3.05) is 20.2 Å². The number of esters is 1. The van der Waals surface area contributed by atoms with Crippen molar-refractivity contribution >= 4 is 5.97 Å². The maximum atomic E-state index is 12.0. The molecule has 1 fully saturated rings. The Morgan fingerprint density at radius 1 is 1.38 bits per heavy atom. The molecule has 1 rings (SSSR count). The highest BCUT2D eigenvalue weighted by molar-refractivity contribution is 5.80. The molecule has 0 aliphatic carbocycles. The second-order valence-corrected chi connectivity index (χ2v) is 7.26. The van der Waals surface area contributed by atoms with Crippen LogP contribution in [-0.4, -0.2) is 48.7 Å². The molecule has 21 heavy (non-hydrogen) atoms. The summed E-state index contributed by atoms with van der Waals surface area (Å²) in [6.45, 7) is 13.1. The largest absolute Gasteiger partial charge is 0.468 e. The predicted octanol–water partition coefficient (Wildman–Crippen LogP) is 2.82. The van der Waals surface area contributed by atoms with Crippen LogP contribution in [0.25, 0.3) is 0 Å². The van der Waals surface area contributed by atoms with Crippen LogP contribution in [0.1, 0.15) is 60.3 Å². The van der Waals surface area contributed by atoms with Gasteiger partial charge in [0.25, 0.3) is 0 Å². The lowest BCUT2D eigenvalue weighted by Crippen LogP contribution is -2.53. The summed E-state index contributed by atoms with van der Waals surface area (Å²) < 4.78 is 4.97. The van der Waals surface area contributed by atoms with Gasteiger partial charge in [0.15, 0.2) is 0 Å². The summed E-state index contributed by atoms with van der Waals surface area (Å²) in [4.78, 5) is 14.6. The Kier molecular flexibility index (Phi) is 7.14. The molecular formula is C17H34N2O2. The maximum absolute atomic E-state index is 12.0. The molecule has 1 heterocycles. The lowest BCUT2D eigenvalue weighted by molar-refractivity contribution is -0.148. The summed E-state index contributed by atoms with van der Waals surface area (Å²) in [6.07, 6.45) is 4.33. The van der Waals surface area contributed by atoms with Crippen molar-refractivity contribution in [2.45, 2.75) is 77.9 Å². The summed E-state index contributed by atoms with van der Waals surface area (Å²) >= 11 is 0. The van der Waals surface area contributed by atoms with Gasteiger partial charge in [0.1, 0.15) is 5.54 Å². The van der Waals surface area contributed by atoms with Crippen LogP contribution in [0.2, 0.25) is 0 Å². The third kappa shape index (κ3) is 5.59. The quantitative estimate of drug-likeness (QED) is 0.553. The van der Waals surface area contributed by atoms with Gasteiger partial charge in [-0.2, -0.15) is 0 Å². The molecule has 0 amide bonds. The van der Waals surface area contributed by atoms with E-state index < -0.39 is 5.54 Å². The number of rotatable bonds is 8. The third-order valence-electron chi connectivity index (χ3n) is 4.53. The normalized spacial score (nSPS) is 26.0. The Hall–Kier alpha value is -0.610. The fourth-order valence-electron chi connectivity index (χ4n) is 3.59. The summed E-state index contributed by atoms with van der Waals surface area (Å²) in [5.41, 5.74) is -0.563. The molecule has 124 valence electrons. The van der Waals surface area contributed by atoms with E-state index in [-0.39, 0.29) is 12.0 Å². The van der Waals surface area contributed by atoms with Gasteiger partial charge < -0.3 is 9.64 Å². The number of hydrogen-bond donors (Lipinski definition) is 1. The number of nitrogens with one attached hydrogen (secondary N) is 1. The average molecular weight is 298 g/mol. The van der Waals surface area contributed by atoms with E-state index in [0.717, 1.165) is 31.7 Å². The molecule has 1 aliphatic heterocycles. The first-order valence-electron chi connectivity index (χ1n) is 8.38. The minimum absolute atomic E-state index is 0.153. The van der Waals surface area contributed by atoms with Crippen molar-refractivity contribution in [1.29, 1.82) is 0 Å². The van der Waals surface area contributed by atoms with E-state index in [1.54, 1.807) is 0 Å². The van der Waals surface area contributed by atoms with Gasteiger partial charge in [0.2, 0.25) is 0 Å². The summed E-state index contributed by atoms with van der Waals surface area (Å²) in [5.74, 6) is 0.669. The van der Waals surface area contributed by atoms with Crippen molar-refractivity contribution in [2.24, 2.45) is 5.92 Å². The third-order valence-corrected chi connectivity index (χ3v) is 4.53. The first kappa shape index (κ1) is 18.4. The van der Waals surface area contributed by atoms with E-state index >= 15 is 0 Å². The molecular weight excluding hydrogens is 264 g/mol. The minimum atomic E-state index is -0.563. The van der Waals surface area contributed by atoms with Crippen LogP contribution in [-0.2, 0) is 9.53 Å². The molecule has 0 bridgehead atoms. The highest BCUT2D eigenvalue weighted by Gasteiger charge is 2.34. The zero-order valence-electron chi connectivity index (χ0n) is 14.7. The number of likely N-dealkylation sites (tertiary alicyclic amines) is 1. The van der Waals surface area contributed by atoms with Crippen molar-refractivity contribution in [3.8, 4) is 0 Å². The van der Waals surface area contributed by atoms with Crippen molar-refractivity contribution in [3.05, 3.63) is 0 Å². The van der Waals surface area contributed by atoms with Crippen molar-refractivity contribution < 1.29 is 9.53 Å². The first-order chi connectivity index (χ1) is 9.78. The smallest absolute Gasteiger partial charge is 0.325 e. The average Bonchev–Trinajstić information content (AvgIpc) is 2.71. The van der Waals surface area contributed by atoms with E-state index in [0.29, 0.717) is 6.04 Å². The van der Waals surface area contributed by atoms with E-state index in [9.17, 15) is 4.79 Å². The summed E-state index contributed by atoms with van der Waals surface area (Å²) in [6, 6.07) is 0.981. The lowest BCUT2D eigenvalue weighted by Gasteiger charge is -2.30. The number of carbonyl (C=O) groups excluding carboxylic acids is 1.